The summed E-state index contributed by atoms with van der Waals surface area (Å²) in [6.45, 7) is 8.45. The second kappa shape index (κ2) is 5.64. The summed E-state index contributed by atoms with van der Waals surface area (Å²) in [6, 6.07) is 10.7. The molecule has 0 aliphatic carbocycles. The van der Waals surface area contributed by atoms with E-state index in [4.69, 9.17) is 0 Å². The Morgan fingerprint density at radius 2 is 1.93 bits per heavy atom. The predicted octanol–water partition coefficient (Wildman–Crippen LogP) is 4.54. The van der Waals surface area contributed by atoms with E-state index in [-0.39, 0.29) is 0 Å². The molecule has 1 atom stereocenters. The molecular formula is C14H20. The first-order valence-corrected chi connectivity index (χ1v) is 5.46. The van der Waals surface area contributed by atoms with Gasteiger partial charge in [-0.15, -0.1) is 0 Å². The third-order valence-corrected chi connectivity index (χ3v) is 2.64. The lowest BCUT2D eigenvalue weighted by molar-refractivity contribution is 0.643. The number of allylic oxidation sites excluding steroid dienone is 1. The molecule has 0 heterocycles. The van der Waals surface area contributed by atoms with Gasteiger partial charge in [0.05, 0.1) is 0 Å². The standard InChI is InChI=1S/C14H20/c1-4-5-11-14(12(2)3)13-9-7-6-8-10-13/h6-10,14H,2,4-5,11H2,1,3H3/t14-/m0/s1. The molecule has 0 heteroatoms. The predicted molar refractivity (Wildman–Crippen MR) is 63.5 cm³/mol. The Kier molecular flexibility index (Phi) is 4.45. The first-order chi connectivity index (χ1) is 6.75. The van der Waals surface area contributed by atoms with Crippen molar-refractivity contribution in [1.82, 2.24) is 0 Å². The van der Waals surface area contributed by atoms with E-state index < -0.39 is 0 Å². The zero-order valence-electron chi connectivity index (χ0n) is 9.29. The molecule has 0 fully saturated rings. The molecule has 0 unspecified atom stereocenters. The molecule has 0 spiro atoms. The second-order valence-corrected chi connectivity index (χ2v) is 3.95. The maximum absolute atomic E-state index is 4.08. The Morgan fingerprint density at radius 3 is 2.43 bits per heavy atom. The van der Waals surface area contributed by atoms with Crippen LogP contribution in [0.5, 0.6) is 0 Å². The molecule has 1 rings (SSSR count). The minimum Gasteiger partial charge on any atom is -0.0995 e. The van der Waals surface area contributed by atoms with Crippen molar-refractivity contribution in [3.63, 3.8) is 0 Å². The Bertz CT molecular complexity index is 271. The van der Waals surface area contributed by atoms with Gasteiger partial charge in [-0.1, -0.05) is 62.2 Å². The van der Waals surface area contributed by atoms with Crippen molar-refractivity contribution in [2.24, 2.45) is 0 Å². The number of benzene rings is 1. The van der Waals surface area contributed by atoms with E-state index in [1.54, 1.807) is 0 Å². The lowest BCUT2D eigenvalue weighted by Crippen LogP contribution is -1.99. The van der Waals surface area contributed by atoms with E-state index in [0.29, 0.717) is 5.92 Å². The van der Waals surface area contributed by atoms with Crippen molar-refractivity contribution in [1.29, 1.82) is 0 Å². The Balaban J connectivity index is 2.73. The fourth-order valence-electron chi connectivity index (χ4n) is 1.79. The summed E-state index contributed by atoms with van der Waals surface area (Å²) in [5, 5.41) is 0. The molecule has 0 N–H and O–H groups in total. The first kappa shape index (κ1) is 11.0. The molecule has 1 aromatic rings. The number of unbranched alkanes of at least 4 members (excludes halogenated alkanes) is 1. The zero-order valence-corrected chi connectivity index (χ0v) is 9.29. The monoisotopic (exact) mass is 188 g/mol. The van der Waals surface area contributed by atoms with Gasteiger partial charge < -0.3 is 0 Å². The van der Waals surface area contributed by atoms with Gasteiger partial charge >= 0.3 is 0 Å². The summed E-state index contributed by atoms with van der Waals surface area (Å²) < 4.78 is 0. The molecule has 0 amide bonds. The highest BCUT2D eigenvalue weighted by molar-refractivity contribution is 5.26. The van der Waals surface area contributed by atoms with Crippen molar-refractivity contribution in [2.45, 2.75) is 39.0 Å². The first-order valence-electron chi connectivity index (χ1n) is 5.46. The largest absolute Gasteiger partial charge is 0.0995 e. The van der Waals surface area contributed by atoms with Crippen LogP contribution in [-0.4, -0.2) is 0 Å². The van der Waals surface area contributed by atoms with E-state index in [1.807, 2.05) is 0 Å². The van der Waals surface area contributed by atoms with Crippen molar-refractivity contribution in [3.05, 3.63) is 48.0 Å². The molecule has 14 heavy (non-hydrogen) atoms. The summed E-state index contributed by atoms with van der Waals surface area (Å²) >= 11 is 0. The van der Waals surface area contributed by atoms with E-state index in [2.05, 4.69) is 50.8 Å². The van der Waals surface area contributed by atoms with Crippen LogP contribution in [0.15, 0.2) is 42.5 Å². The quantitative estimate of drug-likeness (QED) is 0.595. The summed E-state index contributed by atoms with van der Waals surface area (Å²) in [5.74, 6) is 0.552. The van der Waals surface area contributed by atoms with Crippen molar-refractivity contribution >= 4 is 0 Å². The van der Waals surface area contributed by atoms with Crippen LogP contribution in [0.25, 0.3) is 0 Å². The van der Waals surface area contributed by atoms with Gasteiger partial charge in [0, 0.05) is 5.92 Å². The van der Waals surface area contributed by atoms with E-state index >= 15 is 0 Å². The number of hydrogen-bond acceptors (Lipinski definition) is 0. The van der Waals surface area contributed by atoms with Gasteiger partial charge in [-0.25, -0.2) is 0 Å². The second-order valence-electron chi connectivity index (χ2n) is 3.95. The van der Waals surface area contributed by atoms with Crippen LogP contribution in [0.4, 0.5) is 0 Å². The zero-order chi connectivity index (χ0) is 10.4. The summed E-state index contributed by atoms with van der Waals surface area (Å²) in [4.78, 5) is 0. The molecule has 0 aliphatic rings. The fourth-order valence-corrected chi connectivity index (χ4v) is 1.79. The molecular weight excluding hydrogens is 168 g/mol. The number of rotatable bonds is 5. The Labute approximate surface area is 87.7 Å². The van der Waals surface area contributed by atoms with Gasteiger partial charge in [-0.3, -0.25) is 0 Å². The van der Waals surface area contributed by atoms with Gasteiger partial charge in [-0.05, 0) is 18.9 Å². The summed E-state index contributed by atoms with van der Waals surface area (Å²) in [7, 11) is 0. The maximum Gasteiger partial charge on any atom is 0.00427 e. The van der Waals surface area contributed by atoms with Crippen molar-refractivity contribution < 1.29 is 0 Å². The number of hydrogen-bond donors (Lipinski definition) is 0. The lowest BCUT2D eigenvalue weighted by atomic mass is 9.88. The van der Waals surface area contributed by atoms with Gasteiger partial charge in [0.1, 0.15) is 0 Å². The van der Waals surface area contributed by atoms with Crippen LogP contribution < -0.4 is 0 Å². The van der Waals surface area contributed by atoms with E-state index in [0.717, 1.165) is 0 Å². The molecule has 0 nitrogen and oxygen atoms in total. The molecule has 0 aliphatic heterocycles. The molecule has 1 aromatic carbocycles. The average Bonchev–Trinajstić information content (AvgIpc) is 2.19. The van der Waals surface area contributed by atoms with Gasteiger partial charge in [0.15, 0.2) is 0 Å². The van der Waals surface area contributed by atoms with Crippen LogP contribution in [0, 0.1) is 0 Å². The molecule has 0 saturated heterocycles. The molecule has 76 valence electrons. The Hall–Kier alpha value is -1.04. The smallest absolute Gasteiger partial charge is 0.00427 e. The summed E-state index contributed by atoms with van der Waals surface area (Å²) in [6.07, 6.45) is 3.78. The van der Waals surface area contributed by atoms with Crippen LogP contribution >= 0.6 is 0 Å². The van der Waals surface area contributed by atoms with E-state index in [9.17, 15) is 0 Å². The average molecular weight is 188 g/mol. The maximum atomic E-state index is 4.08. The van der Waals surface area contributed by atoms with Crippen LogP contribution in [0.1, 0.15) is 44.6 Å². The SMILES string of the molecule is C=C(C)[C@H](CCCC)c1ccccc1. The molecule has 0 aromatic heterocycles. The molecule has 0 saturated carbocycles. The van der Waals surface area contributed by atoms with Gasteiger partial charge in [-0.2, -0.15) is 0 Å². The van der Waals surface area contributed by atoms with Crippen LogP contribution in [0.2, 0.25) is 0 Å². The third-order valence-electron chi connectivity index (χ3n) is 2.64. The van der Waals surface area contributed by atoms with Crippen LogP contribution in [-0.2, 0) is 0 Å². The Morgan fingerprint density at radius 1 is 1.29 bits per heavy atom. The van der Waals surface area contributed by atoms with Crippen LogP contribution in [0.3, 0.4) is 0 Å². The third kappa shape index (κ3) is 3.02. The minimum absolute atomic E-state index is 0.552. The highest BCUT2D eigenvalue weighted by atomic mass is 14.1. The van der Waals surface area contributed by atoms with Gasteiger partial charge in [0.25, 0.3) is 0 Å². The highest BCUT2D eigenvalue weighted by Crippen LogP contribution is 2.27. The highest BCUT2D eigenvalue weighted by Gasteiger charge is 2.10. The summed E-state index contributed by atoms with van der Waals surface area (Å²) in [5.41, 5.74) is 2.69. The van der Waals surface area contributed by atoms with Crippen molar-refractivity contribution in [2.75, 3.05) is 0 Å². The molecule has 0 radical (unpaired) electrons. The topological polar surface area (TPSA) is 0 Å². The minimum atomic E-state index is 0.552. The normalized spacial score (nSPS) is 12.4. The fraction of sp³-hybridized carbons (Fsp3) is 0.429. The van der Waals surface area contributed by atoms with Crippen molar-refractivity contribution in [3.8, 4) is 0 Å². The van der Waals surface area contributed by atoms with Gasteiger partial charge in [0.2, 0.25) is 0 Å². The van der Waals surface area contributed by atoms with E-state index in [1.165, 1.54) is 30.4 Å². The molecule has 0 bridgehead atoms. The lowest BCUT2D eigenvalue weighted by Gasteiger charge is -2.16.